The van der Waals surface area contributed by atoms with E-state index >= 15 is 0 Å². The van der Waals surface area contributed by atoms with E-state index < -0.39 is 5.97 Å². The molecule has 0 unspecified atom stereocenters. The molecule has 0 amide bonds. The number of aryl methyl sites for hydroxylation is 2. The minimum absolute atomic E-state index is 0.118. The molecule has 1 aliphatic carbocycles. The Balaban J connectivity index is 1.33. The van der Waals surface area contributed by atoms with Crippen molar-refractivity contribution in [3.63, 3.8) is 0 Å². The molecule has 0 bridgehead atoms. The van der Waals surface area contributed by atoms with E-state index in [2.05, 4.69) is 16.0 Å². The van der Waals surface area contributed by atoms with Crippen molar-refractivity contribution in [2.24, 2.45) is 0 Å². The van der Waals surface area contributed by atoms with Gasteiger partial charge in [0, 0.05) is 30.9 Å². The predicted octanol–water partition coefficient (Wildman–Crippen LogP) is 5.26. The van der Waals surface area contributed by atoms with Crippen molar-refractivity contribution >= 4 is 11.8 Å². The lowest BCUT2D eigenvalue weighted by atomic mass is 9.98. The van der Waals surface area contributed by atoms with Gasteiger partial charge in [0.15, 0.2) is 5.82 Å². The highest BCUT2D eigenvalue weighted by Gasteiger charge is 2.24. The number of aliphatic carboxylic acids is 1. The second kappa shape index (κ2) is 11.2. The third-order valence-corrected chi connectivity index (χ3v) is 6.35. The molecule has 1 aromatic heterocycles. The van der Waals surface area contributed by atoms with Gasteiger partial charge in [0.2, 0.25) is 0 Å². The Morgan fingerprint density at radius 2 is 2.00 bits per heavy atom. The molecule has 1 aliphatic rings. The maximum absolute atomic E-state index is 11.1. The van der Waals surface area contributed by atoms with Gasteiger partial charge in [-0.05, 0) is 74.4 Å². The highest BCUT2D eigenvalue weighted by atomic mass is 16.5. The maximum Gasteiger partial charge on any atom is 0.303 e. The highest BCUT2D eigenvalue weighted by molar-refractivity contribution is 5.68. The molecule has 35 heavy (non-hydrogen) atoms. The molecule has 3 aromatic rings. The van der Waals surface area contributed by atoms with Crippen LogP contribution in [0.15, 0.2) is 48.7 Å². The Morgan fingerprint density at radius 1 is 1.17 bits per heavy atom. The zero-order valence-electron chi connectivity index (χ0n) is 20.7. The number of anilines is 1. The number of benzene rings is 2. The molecule has 7 heteroatoms. The smallest absolute Gasteiger partial charge is 0.303 e. The third kappa shape index (κ3) is 6.10. The molecular weight excluding hydrogens is 442 g/mol. The summed E-state index contributed by atoms with van der Waals surface area (Å²) in [6.07, 6.45) is 4.71. The largest absolute Gasteiger partial charge is 0.494 e. The molecule has 1 N–H and O–H groups in total. The lowest BCUT2D eigenvalue weighted by molar-refractivity contribution is -0.137. The summed E-state index contributed by atoms with van der Waals surface area (Å²) in [4.78, 5) is 22.6. The molecule has 1 heterocycles. The molecule has 0 aliphatic heterocycles. The minimum atomic E-state index is -0.739. The molecule has 0 radical (unpaired) electrons. The number of hydrogen-bond acceptors (Lipinski definition) is 6. The van der Waals surface area contributed by atoms with E-state index in [9.17, 15) is 4.79 Å². The number of nitrogens with zero attached hydrogens (tertiary/aromatic N) is 3. The van der Waals surface area contributed by atoms with Crippen molar-refractivity contribution in [1.82, 2.24) is 9.97 Å². The first-order chi connectivity index (χ1) is 16.9. The van der Waals surface area contributed by atoms with Gasteiger partial charge >= 0.3 is 5.97 Å². The molecule has 0 saturated carbocycles. The average molecular weight is 476 g/mol. The fourth-order valence-electron chi connectivity index (χ4n) is 4.64. The number of aromatic nitrogens is 2. The van der Waals surface area contributed by atoms with Crippen LogP contribution in [0.2, 0.25) is 0 Å². The number of hydrogen-bond donors (Lipinski definition) is 1. The summed E-state index contributed by atoms with van der Waals surface area (Å²) < 4.78 is 11.6. The molecule has 2 aromatic carbocycles. The van der Waals surface area contributed by atoms with Crippen LogP contribution >= 0.6 is 0 Å². The summed E-state index contributed by atoms with van der Waals surface area (Å²) in [7, 11) is 2.04. The summed E-state index contributed by atoms with van der Waals surface area (Å²) in [5.74, 6) is 2.61. The zero-order chi connectivity index (χ0) is 24.8. The van der Waals surface area contributed by atoms with Crippen LogP contribution in [-0.4, -0.2) is 47.8 Å². The van der Waals surface area contributed by atoms with E-state index in [0.717, 1.165) is 59.8 Å². The van der Waals surface area contributed by atoms with E-state index in [1.807, 2.05) is 63.5 Å². The fraction of sp³-hybridized carbons (Fsp3) is 0.393. The topological polar surface area (TPSA) is 84.8 Å². The summed E-state index contributed by atoms with van der Waals surface area (Å²) in [5.41, 5.74) is 4.31. The first kappa shape index (κ1) is 24.5. The van der Waals surface area contributed by atoms with Crippen molar-refractivity contribution in [2.45, 2.75) is 45.4 Å². The van der Waals surface area contributed by atoms with Crippen LogP contribution in [0.5, 0.6) is 11.5 Å². The number of carbonyl (C=O) groups is 1. The van der Waals surface area contributed by atoms with Crippen LogP contribution in [0.3, 0.4) is 0 Å². The molecule has 0 spiro atoms. The van der Waals surface area contributed by atoms with Crippen molar-refractivity contribution in [1.29, 1.82) is 0 Å². The standard InChI is InChI=1S/C28H33N3O4/c1-4-34-23-8-5-7-22(16-23)27-29-18-19(2)28(30-27)31(3)13-6-14-35-24-11-12-25-20(15-24)9-10-21(25)17-26(32)33/h5,7-8,11-12,15-16,18,21H,4,6,9-10,13-14,17H2,1-3H3,(H,32,33)/t21-/m0/s1. The summed E-state index contributed by atoms with van der Waals surface area (Å²) in [6, 6.07) is 13.9. The van der Waals surface area contributed by atoms with Gasteiger partial charge in [-0.15, -0.1) is 0 Å². The lowest BCUT2D eigenvalue weighted by Crippen LogP contribution is -2.22. The number of fused-ring (bicyclic) bond motifs is 1. The molecule has 7 nitrogen and oxygen atoms in total. The SMILES string of the molecule is CCOc1cccc(-c2ncc(C)c(N(C)CCCOc3ccc4c(c3)CC[C@H]4CC(=O)O)n2)c1. The Bertz CT molecular complexity index is 1180. The van der Waals surface area contributed by atoms with Gasteiger partial charge in [0.25, 0.3) is 0 Å². The first-order valence-electron chi connectivity index (χ1n) is 12.2. The molecule has 0 saturated heterocycles. The van der Waals surface area contributed by atoms with Crippen molar-refractivity contribution in [3.05, 3.63) is 65.4 Å². The second-order valence-electron chi connectivity index (χ2n) is 8.98. The number of carboxylic acids is 1. The Labute approximate surface area is 206 Å². The quantitative estimate of drug-likeness (QED) is 0.379. The van der Waals surface area contributed by atoms with Crippen LogP contribution < -0.4 is 14.4 Å². The second-order valence-corrected chi connectivity index (χ2v) is 8.98. The third-order valence-electron chi connectivity index (χ3n) is 6.35. The van der Waals surface area contributed by atoms with E-state index in [1.165, 1.54) is 5.56 Å². The number of rotatable bonds is 11. The fourth-order valence-corrected chi connectivity index (χ4v) is 4.64. The van der Waals surface area contributed by atoms with Gasteiger partial charge in [0.1, 0.15) is 17.3 Å². The summed E-state index contributed by atoms with van der Waals surface area (Å²) in [5, 5.41) is 9.10. The van der Waals surface area contributed by atoms with Gasteiger partial charge in [-0.1, -0.05) is 18.2 Å². The van der Waals surface area contributed by atoms with Crippen molar-refractivity contribution < 1.29 is 19.4 Å². The molecular formula is C28H33N3O4. The minimum Gasteiger partial charge on any atom is -0.494 e. The van der Waals surface area contributed by atoms with Gasteiger partial charge in [0.05, 0.1) is 19.6 Å². The lowest BCUT2D eigenvalue weighted by Gasteiger charge is -2.21. The maximum atomic E-state index is 11.1. The Hall–Kier alpha value is -3.61. The first-order valence-corrected chi connectivity index (χ1v) is 12.2. The van der Waals surface area contributed by atoms with E-state index in [-0.39, 0.29) is 12.3 Å². The summed E-state index contributed by atoms with van der Waals surface area (Å²) >= 11 is 0. The number of ether oxygens (including phenoxy) is 2. The molecule has 4 rings (SSSR count). The molecule has 1 atom stereocenters. The predicted molar refractivity (Wildman–Crippen MR) is 137 cm³/mol. The van der Waals surface area contributed by atoms with Gasteiger partial charge < -0.3 is 19.5 Å². The van der Waals surface area contributed by atoms with Crippen LogP contribution in [0.4, 0.5) is 5.82 Å². The zero-order valence-corrected chi connectivity index (χ0v) is 20.7. The van der Waals surface area contributed by atoms with E-state index in [1.54, 1.807) is 0 Å². The van der Waals surface area contributed by atoms with Crippen LogP contribution in [-0.2, 0) is 11.2 Å². The number of carboxylic acid groups (broad SMARTS) is 1. The van der Waals surface area contributed by atoms with Crippen LogP contribution in [0.25, 0.3) is 11.4 Å². The van der Waals surface area contributed by atoms with Crippen molar-refractivity contribution in [3.8, 4) is 22.9 Å². The van der Waals surface area contributed by atoms with E-state index in [4.69, 9.17) is 19.6 Å². The average Bonchev–Trinajstić information content (AvgIpc) is 3.23. The Morgan fingerprint density at radius 3 is 2.80 bits per heavy atom. The van der Waals surface area contributed by atoms with Crippen molar-refractivity contribution in [2.75, 3.05) is 31.7 Å². The van der Waals surface area contributed by atoms with Gasteiger partial charge in [-0.3, -0.25) is 4.79 Å². The summed E-state index contributed by atoms with van der Waals surface area (Å²) in [6.45, 7) is 5.99. The Kier molecular flexibility index (Phi) is 7.85. The van der Waals surface area contributed by atoms with Gasteiger partial charge in [-0.2, -0.15) is 0 Å². The van der Waals surface area contributed by atoms with Crippen LogP contribution in [0.1, 0.15) is 48.8 Å². The van der Waals surface area contributed by atoms with E-state index in [0.29, 0.717) is 19.0 Å². The molecule has 0 fully saturated rings. The molecule has 184 valence electrons. The van der Waals surface area contributed by atoms with Gasteiger partial charge in [-0.25, -0.2) is 9.97 Å². The monoisotopic (exact) mass is 475 g/mol. The van der Waals surface area contributed by atoms with Crippen LogP contribution in [0, 0.1) is 6.92 Å². The normalized spacial score (nSPS) is 14.4. The highest BCUT2D eigenvalue weighted by Crippen LogP contribution is 2.37.